The normalized spacial score (nSPS) is 12.2. The van der Waals surface area contributed by atoms with Crippen molar-refractivity contribution in [2.75, 3.05) is 6.54 Å². The lowest BCUT2D eigenvalue weighted by molar-refractivity contribution is -0.146. The predicted octanol–water partition coefficient (Wildman–Crippen LogP) is 1.38. The van der Waals surface area contributed by atoms with Gasteiger partial charge in [-0.05, 0) is 23.6 Å². The van der Waals surface area contributed by atoms with Crippen molar-refractivity contribution in [1.29, 1.82) is 0 Å². The topological polar surface area (TPSA) is 86.6 Å². The maximum atomic E-state index is 11.7. The average Bonchev–Trinajstić information content (AvgIpc) is 2.38. The van der Waals surface area contributed by atoms with E-state index in [0.29, 0.717) is 11.5 Å². The second kappa shape index (κ2) is 6.89. The van der Waals surface area contributed by atoms with E-state index < -0.39 is 12.1 Å². The summed E-state index contributed by atoms with van der Waals surface area (Å²) in [6.45, 7) is 4.27. The molecule has 19 heavy (non-hydrogen) atoms. The van der Waals surface area contributed by atoms with E-state index in [9.17, 15) is 9.59 Å². The molecule has 0 aliphatic rings. The molecule has 0 heterocycles. The molecule has 1 aromatic carbocycles. The standard InChI is InChI=1S/C14H19NO4/c1-9(2)10-3-5-11(6-4-10)13(17)15-8-7-12(16)14(18)19/h3-6,9,12,16H,7-8H2,1-2H3,(H,15,17)(H,18,19)/t12-/m0/s1. The summed E-state index contributed by atoms with van der Waals surface area (Å²) in [4.78, 5) is 22.1. The molecule has 0 fully saturated rings. The Morgan fingerprint density at radius 2 is 1.79 bits per heavy atom. The molecular formula is C14H19NO4. The molecule has 5 heteroatoms. The summed E-state index contributed by atoms with van der Waals surface area (Å²) < 4.78 is 0. The summed E-state index contributed by atoms with van der Waals surface area (Å²) in [5, 5.41) is 20.1. The Morgan fingerprint density at radius 3 is 2.26 bits per heavy atom. The van der Waals surface area contributed by atoms with Crippen molar-refractivity contribution in [3.8, 4) is 0 Å². The first-order valence-corrected chi connectivity index (χ1v) is 6.21. The van der Waals surface area contributed by atoms with Gasteiger partial charge in [0.15, 0.2) is 6.10 Å². The van der Waals surface area contributed by atoms with Gasteiger partial charge in [-0.25, -0.2) is 4.79 Å². The van der Waals surface area contributed by atoms with Crippen molar-refractivity contribution in [3.63, 3.8) is 0 Å². The minimum Gasteiger partial charge on any atom is -0.479 e. The van der Waals surface area contributed by atoms with Crippen molar-refractivity contribution < 1.29 is 19.8 Å². The van der Waals surface area contributed by atoms with Crippen molar-refractivity contribution >= 4 is 11.9 Å². The number of benzene rings is 1. The Balaban J connectivity index is 2.47. The number of carboxylic acids is 1. The van der Waals surface area contributed by atoms with Crippen molar-refractivity contribution in [1.82, 2.24) is 5.32 Å². The van der Waals surface area contributed by atoms with E-state index in [1.807, 2.05) is 12.1 Å². The van der Waals surface area contributed by atoms with Gasteiger partial charge in [-0.3, -0.25) is 4.79 Å². The Labute approximate surface area is 112 Å². The molecule has 1 rings (SSSR count). The third-order valence-corrected chi connectivity index (χ3v) is 2.83. The summed E-state index contributed by atoms with van der Waals surface area (Å²) in [7, 11) is 0. The lowest BCUT2D eigenvalue weighted by atomic mass is 10.0. The van der Waals surface area contributed by atoms with Crippen LogP contribution in [0.1, 0.15) is 42.1 Å². The van der Waals surface area contributed by atoms with Crippen LogP contribution in [-0.4, -0.2) is 34.7 Å². The van der Waals surface area contributed by atoms with Crippen LogP contribution >= 0.6 is 0 Å². The Morgan fingerprint density at radius 1 is 1.21 bits per heavy atom. The number of hydrogen-bond donors (Lipinski definition) is 3. The Kier molecular flexibility index (Phi) is 5.51. The van der Waals surface area contributed by atoms with Crippen molar-refractivity contribution in [2.24, 2.45) is 0 Å². The minimum atomic E-state index is -1.44. The molecule has 0 unspecified atom stereocenters. The molecule has 5 nitrogen and oxygen atoms in total. The van der Waals surface area contributed by atoms with Crippen LogP contribution in [0.15, 0.2) is 24.3 Å². The van der Waals surface area contributed by atoms with E-state index in [1.165, 1.54) is 0 Å². The number of rotatable bonds is 6. The number of carbonyl (C=O) groups is 2. The smallest absolute Gasteiger partial charge is 0.332 e. The largest absolute Gasteiger partial charge is 0.479 e. The van der Waals surface area contributed by atoms with Gasteiger partial charge in [-0.1, -0.05) is 26.0 Å². The van der Waals surface area contributed by atoms with Crippen LogP contribution < -0.4 is 5.32 Å². The fourth-order valence-corrected chi connectivity index (χ4v) is 1.57. The Bertz CT molecular complexity index is 439. The van der Waals surface area contributed by atoms with Crippen molar-refractivity contribution in [3.05, 3.63) is 35.4 Å². The average molecular weight is 265 g/mol. The first-order valence-electron chi connectivity index (χ1n) is 6.21. The number of nitrogens with one attached hydrogen (secondary N) is 1. The fourth-order valence-electron chi connectivity index (χ4n) is 1.57. The highest BCUT2D eigenvalue weighted by atomic mass is 16.4. The number of amides is 1. The second-order valence-corrected chi connectivity index (χ2v) is 4.68. The van der Waals surface area contributed by atoms with E-state index in [4.69, 9.17) is 10.2 Å². The van der Waals surface area contributed by atoms with E-state index in [1.54, 1.807) is 12.1 Å². The Hall–Kier alpha value is -1.88. The summed E-state index contributed by atoms with van der Waals surface area (Å²) in [6, 6.07) is 7.26. The first-order chi connectivity index (χ1) is 8.91. The molecule has 0 aliphatic carbocycles. The van der Waals surface area contributed by atoms with Crippen LogP contribution in [0.5, 0.6) is 0 Å². The SMILES string of the molecule is CC(C)c1ccc(C(=O)NCC[C@H](O)C(=O)O)cc1. The summed E-state index contributed by atoms with van der Waals surface area (Å²) in [5.41, 5.74) is 1.67. The fraction of sp³-hybridized carbons (Fsp3) is 0.429. The van der Waals surface area contributed by atoms with Gasteiger partial charge in [0, 0.05) is 18.5 Å². The van der Waals surface area contributed by atoms with Gasteiger partial charge >= 0.3 is 5.97 Å². The third-order valence-electron chi connectivity index (χ3n) is 2.83. The van der Waals surface area contributed by atoms with Crippen LogP contribution in [0.2, 0.25) is 0 Å². The molecule has 0 aromatic heterocycles. The molecule has 0 bridgehead atoms. The van der Waals surface area contributed by atoms with Crippen LogP contribution in [0, 0.1) is 0 Å². The number of carboxylic acid groups (broad SMARTS) is 1. The van der Waals surface area contributed by atoms with Gasteiger partial charge < -0.3 is 15.5 Å². The van der Waals surface area contributed by atoms with Gasteiger partial charge in [0.2, 0.25) is 0 Å². The van der Waals surface area contributed by atoms with Gasteiger partial charge in [0.05, 0.1) is 0 Å². The lowest BCUT2D eigenvalue weighted by Gasteiger charge is -2.09. The molecule has 0 saturated heterocycles. The zero-order valence-corrected chi connectivity index (χ0v) is 11.1. The van der Waals surface area contributed by atoms with Crippen LogP contribution in [0.25, 0.3) is 0 Å². The highest BCUT2D eigenvalue weighted by Gasteiger charge is 2.13. The van der Waals surface area contributed by atoms with Gasteiger partial charge in [0.1, 0.15) is 0 Å². The maximum absolute atomic E-state index is 11.7. The summed E-state index contributed by atoms with van der Waals surface area (Å²) in [6.07, 6.45) is -1.45. The molecular weight excluding hydrogens is 246 g/mol. The second-order valence-electron chi connectivity index (χ2n) is 4.68. The zero-order chi connectivity index (χ0) is 14.4. The molecule has 1 atom stereocenters. The van der Waals surface area contributed by atoms with Crippen LogP contribution in [0.3, 0.4) is 0 Å². The van der Waals surface area contributed by atoms with Crippen molar-refractivity contribution in [2.45, 2.75) is 32.3 Å². The number of carbonyl (C=O) groups excluding carboxylic acids is 1. The van der Waals surface area contributed by atoms with Gasteiger partial charge in [-0.15, -0.1) is 0 Å². The maximum Gasteiger partial charge on any atom is 0.332 e. The molecule has 1 aromatic rings. The number of aliphatic hydroxyl groups excluding tert-OH is 1. The quantitative estimate of drug-likeness (QED) is 0.725. The van der Waals surface area contributed by atoms with Gasteiger partial charge in [0.25, 0.3) is 5.91 Å². The molecule has 0 saturated carbocycles. The van der Waals surface area contributed by atoms with E-state index in [-0.39, 0.29) is 18.9 Å². The van der Waals surface area contributed by atoms with E-state index in [0.717, 1.165) is 5.56 Å². The lowest BCUT2D eigenvalue weighted by Crippen LogP contribution is -2.30. The number of aliphatic hydroxyl groups is 1. The van der Waals surface area contributed by atoms with E-state index >= 15 is 0 Å². The number of hydrogen-bond acceptors (Lipinski definition) is 3. The van der Waals surface area contributed by atoms with Crippen LogP contribution in [-0.2, 0) is 4.79 Å². The summed E-state index contributed by atoms with van der Waals surface area (Å²) >= 11 is 0. The zero-order valence-electron chi connectivity index (χ0n) is 11.1. The third kappa shape index (κ3) is 4.71. The molecule has 0 radical (unpaired) electrons. The molecule has 0 aliphatic heterocycles. The molecule has 3 N–H and O–H groups in total. The molecule has 1 amide bonds. The first kappa shape index (κ1) is 15.2. The predicted molar refractivity (Wildman–Crippen MR) is 71.1 cm³/mol. The molecule has 104 valence electrons. The number of aliphatic carboxylic acids is 1. The highest BCUT2D eigenvalue weighted by Crippen LogP contribution is 2.14. The van der Waals surface area contributed by atoms with E-state index in [2.05, 4.69) is 19.2 Å². The van der Waals surface area contributed by atoms with Crippen LogP contribution in [0.4, 0.5) is 0 Å². The monoisotopic (exact) mass is 265 g/mol. The summed E-state index contributed by atoms with van der Waals surface area (Å²) in [5.74, 6) is -1.15. The van der Waals surface area contributed by atoms with Gasteiger partial charge in [-0.2, -0.15) is 0 Å². The molecule has 0 spiro atoms. The minimum absolute atomic E-state index is 0.00878. The highest BCUT2D eigenvalue weighted by molar-refractivity contribution is 5.94.